The molecule has 23 heavy (non-hydrogen) atoms. The summed E-state index contributed by atoms with van der Waals surface area (Å²) < 4.78 is 24.8. The van der Waals surface area contributed by atoms with Gasteiger partial charge in [0.1, 0.15) is 0 Å². The highest BCUT2D eigenvalue weighted by Crippen LogP contribution is 2.16. The molecule has 0 aliphatic heterocycles. The molecule has 0 spiro atoms. The molecule has 0 aliphatic rings. The molecule has 2 rings (SSSR count). The number of carbonyl (C=O) groups is 1. The minimum Gasteiger partial charge on any atom is -0.351 e. The second-order valence-electron chi connectivity index (χ2n) is 4.82. The number of sulfonamides is 1. The number of rotatable bonds is 7. The molecule has 2 N–H and O–H groups in total. The molecule has 0 radical (unpaired) electrons. The van der Waals surface area contributed by atoms with Crippen molar-refractivity contribution < 1.29 is 13.2 Å². The molecule has 1 aromatic heterocycles. The van der Waals surface area contributed by atoms with E-state index in [9.17, 15) is 13.2 Å². The third kappa shape index (κ3) is 6.70. The Kier molecular flexibility index (Phi) is 6.00. The van der Waals surface area contributed by atoms with Crippen LogP contribution in [0.3, 0.4) is 0 Å². The highest BCUT2D eigenvalue weighted by atomic mass is 32.2. The first kappa shape index (κ1) is 17.3. The van der Waals surface area contributed by atoms with E-state index in [4.69, 9.17) is 0 Å². The third-order valence-electron chi connectivity index (χ3n) is 2.74. The Bertz CT molecular complexity index is 765. The zero-order valence-electron chi connectivity index (χ0n) is 12.5. The Labute approximate surface area is 139 Å². The molecule has 0 unspecified atom stereocenters. The minimum atomic E-state index is -3.31. The number of pyridine rings is 1. The number of thioether (sulfide) groups is 1. The maximum absolute atomic E-state index is 11.8. The normalized spacial score (nSPS) is 11.0. The van der Waals surface area contributed by atoms with E-state index in [2.05, 4.69) is 15.0 Å². The lowest BCUT2D eigenvalue weighted by atomic mass is 10.2. The Morgan fingerprint density at radius 3 is 2.65 bits per heavy atom. The monoisotopic (exact) mass is 351 g/mol. The standard InChI is InChI=1S/C15H17N3O3S2/c1-23(20,21)18-13-4-2-3-12(9-13)10-17-15(19)11-22-14-5-7-16-8-6-14/h2-9,18H,10-11H2,1H3,(H,17,19). The van der Waals surface area contributed by atoms with E-state index in [1.165, 1.54) is 11.8 Å². The van der Waals surface area contributed by atoms with Crippen LogP contribution < -0.4 is 10.0 Å². The van der Waals surface area contributed by atoms with Gasteiger partial charge >= 0.3 is 0 Å². The van der Waals surface area contributed by atoms with Gasteiger partial charge in [0.15, 0.2) is 0 Å². The second-order valence-corrected chi connectivity index (χ2v) is 7.62. The van der Waals surface area contributed by atoms with Crippen molar-refractivity contribution in [2.24, 2.45) is 0 Å². The number of anilines is 1. The van der Waals surface area contributed by atoms with Crippen LogP contribution in [-0.2, 0) is 21.4 Å². The summed E-state index contributed by atoms with van der Waals surface area (Å²) in [5.74, 6) is 0.221. The van der Waals surface area contributed by atoms with Gasteiger partial charge < -0.3 is 5.32 Å². The summed E-state index contributed by atoms with van der Waals surface area (Å²) in [6.45, 7) is 0.342. The van der Waals surface area contributed by atoms with Gasteiger partial charge in [0.25, 0.3) is 0 Å². The fraction of sp³-hybridized carbons (Fsp3) is 0.200. The Morgan fingerprint density at radius 1 is 1.22 bits per heavy atom. The highest BCUT2D eigenvalue weighted by Gasteiger charge is 2.05. The molecule has 0 saturated heterocycles. The first-order chi connectivity index (χ1) is 10.9. The average Bonchev–Trinajstić information content (AvgIpc) is 2.51. The molecule has 1 heterocycles. The predicted molar refractivity (Wildman–Crippen MR) is 91.7 cm³/mol. The van der Waals surface area contributed by atoms with E-state index in [-0.39, 0.29) is 5.91 Å². The summed E-state index contributed by atoms with van der Waals surface area (Å²) in [6.07, 6.45) is 4.46. The van der Waals surface area contributed by atoms with Crippen molar-refractivity contribution in [1.82, 2.24) is 10.3 Å². The van der Waals surface area contributed by atoms with Crippen LogP contribution in [-0.4, -0.2) is 31.3 Å². The van der Waals surface area contributed by atoms with Gasteiger partial charge in [-0.15, -0.1) is 11.8 Å². The smallest absolute Gasteiger partial charge is 0.230 e. The van der Waals surface area contributed by atoms with Crippen LogP contribution in [0.25, 0.3) is 0 Å². The molecule has 8 heteroatoms. The van der Waals surface area contributed by atoms with E-state index < -0.39 is 10.0 Å². The van der Waals surface area contributed by atoms with Crippen molar-refractivity contribution in [3.8, 4) is 0 Å². The van der Waals surface area contributed by atoms with Crippen molar-refractivity contribution in [3.63, 3.8) is 0 Å². The molecule has 0 bridgehead atoms. The van der Waals surface area contributed by atoms with Crippen molar-refractivity contribution in [2.45, 2.75) is 11.4 Å². The average molecular weight is 351 g/mol. The molecule has 2 aromatic rings. The summed E-state index contributed by atoms with van der Waals surface area (Å²) in [5, 5.41) is 2.81. The Hall–Kier alpha value is -2.06. The van der Waals surface area contributed by atoms with Gasteiger partial charge in [0.2, 0.25) is 15.9 Å². The SMILES string of the molecule is CS(=O)(=O)Nc1cccc(CNC(=O)CSc2ccncc2)c1. The van der Waals surface area contributed by atoms with Gasteiger partial charge in [-0.05, 0) is 29.8 Å². The third-order valence-corrected chi connectivity index (χ3v) is 4.36. The van der Waals surface area contributed by atoms with Crippen molar-refractivity contribution in [2.75, 3.05) is 16.7 Å². The second kappa shape index (κ2) is 7.98. The van der Waals surface area contributed by atoms with E-state index in [1.807, 2.05) is 18.2 Å². The maximum Gasteiger partial charge on any atom is 0.230 e. The number of hydrogen-bond acceptors (Lipinski definition) is 5. The van der Waals surface area contributed by atoms with Crippen LogP contribution in [0.15, 0.2) is 53.7 Å². The van der Waals surface area contributed by atoms with Gasteiger partial charge in [0, 0.05) is 29.5 Å². The molecule has 0 fully saturated rings. The fourth-order valence-electron chi connectivity index (χ4n) is 1.79. The largest absolute Gasteiger partial charge is 0.351 e. The molecule has 6 nitrogen and oxygen atoms in total. The first-order valence-electron chi connectivity index (χ1n) is 6.79. The first-order valence-corrected chi connectivity index (χ1v) is 9.66. The molecular weight excluding hydrogens is 334 g/mol. The lowest BCUT2D eigenvalue weighted by molar-refractivity contribution is -0.118. The number of amides is 1. The van der Waals surface area contributed by atoms with Crippen molar-refractivity contribution in [1.29, 1.82) is 0 Å². The summed E-state index contributed by atoms with van der Waals surface area (Å²) in [5.41, 5.74) is 1.30. The topological polar surface area (TPSA) is 88.2 Å². The van der Waals surface area contributed by atoms with Crippen LogP contribution in [0.2, 0.25) is 0 Å². The predicted octanol–water partition coefficient (Wildman–Crippen LogP) is 1.86. The van der Waals surface area contributed by atoms with Crippen molar-refractivity contribution in [3.05, 3.63) is 54.4 Å². The molecule has 0 aliphatic carbocycles. The Balaban J connectivity index is 1.83. The lowest BCUT2D eigenvalue weighted by Crippen LogP contribution is -2.24. The van der Waals surface area contributed by atoms with Crippen LogP contribution >= 0.6 is 11.8 Å². The van der Waals surface area contributed by atoms with Crippen LogP contribution in [0.4, 0.5) is 5.69 Å². The number of aromatic nitrogens is 1. The minimum absolute atomic E-state index is 0.0895. The Morgan fingerprint density at radius 2 is 1.96 bits per heavy atom. The fourth-order valence-corrected chi connectivity index (χ4v) is 3.06. The van der Waals surface area contributed by atoms with Gasteiger partial charge in [0.05, 0.1) is 12.0 Å². The van der Waals surface area contributed by atoms with Gasteiger partial charge in [-0.25, -0.2) is 8.42 Å². The molecule has 0 saturated carbocycles. The number of nitrogens with zero attached hydrogens (tertiary/aromatic N) is 1. The van der Waals surface area contributed by atoms with E-state index >= 15 is 0 Å². The summed E-state index contributed by atoms with van der Waals surface area (Å²) in [4.78, 5) is 16.7. The van der Waals surface area contributed by atoms with E-state index in [0.717, 1.165) is 16.7 Å². The molecule has 122 valence electrons. The van der Waals surface area contributed by atoms with Gasteiger partial charge in [-0.2, -0.15) is 0 Å². The van der Waals surface area contributed by atoms with E-state index in [1.54, 1.807) is 30.6 Å². The summed E-state index contributed by atoms with van der Waals surface area (Å²) >= 11 is 1.43. The molecule has 1 aromatic carbocycles. The molecule has 0 atom stereocenters. The number of carbonyl (C=O) groups excluding carboxylic acids is 1. The number of hydrogen-bond donors (Lipinski definition) is 2. The maximum atomic E-state index is 11.8. The molecule has 1 amide bonds. The molecular formula is C15H17N3O3S2. The highest BCUT2D eigenvalue weighted by molar-refractivity contribution is 8.00. The van der Waals surface area contributed by atoms with Crippen LogP contribution in [0, 0.1) is 0 Å². The van der Waals surface area contributed by atoms with Gasteiger partial charge in [-0.3, -0.25) is 14.5 Å². The quantitative estimate of drug-likeness (QED) is 0.744. The zero-order chi connectivity index (χ0) is 16.7. The number of nitrogens with one attached hydrogen (secondary N) is 2. The van der Waals surface area contributed by atoms with Crippen LogP contribution in [0.1, 0.15) is 5.56 Å². The lowest BCUT2D eigenvalue weighted by Gasteiger charge is -2.08. The van der Waals surface area contributed by atoms with Crippen LogP contribution in [0.5, 0.6) is 0 Å². The zero-order valence-corrected chi connectivity index (χ0v) is 14.2. The van der Waals surface area contributed by atoms with Crippen molar-refractivity contribution >= 4 is 33.4 Å². The van der Waals surface area contributed by atoms with E-state index in [0.29, 0.717) is 18.0 Å². The number of benzene rings is 1. The summed E-state index contributed by atoms with van der Waals surface area (Å²) in [6, 6.07) is 10.6. The van der Waals surface area contributed by atoms with Gasteiger partial charge in [-0.1, -0.05) is 12.1 Å². The summed E-state index contributed by atoms with van der Waals surface area (Å²) in [7, 11) is -3.31.